The number of aliphatic imine (C=N–C) groups is 1. The molecule has 8 nitrogen and oxygen atoms in total. The number of benzene rings is 3. The van der Waals surface area contributed by atoms with Crippen LogP contribution in [0.3, 0.4) is 0 Å². The summed E-state index contributed by atoms with van der Waals surface area (Å²) in [6.07, 6.45) is 4.45. The van der Waals surface area contributed by atoms with Gasteiger partial charge in [0.15, 0.2) is 11.5 Å². The molecule has 8 heteroatoms. The summed E-state index contributed by atoms with van der Waals surface area (Å²) in [5, 5.41) is 4.01. The molecule has 44 heavy (non-hydrogen) atoms. The van der Waals surface area contributed by atoms with Crippen LogP contribution in [0.25, 0.3) is 17.0 Å². The van der Waals surface area contributed by atoms with Crippen LogP contribution >= 0.6 is 0 Å². The summed E-state index contributed by atoms with van der Waals surface area (Å²) >= 11 is 0. The molecule has 0 saturated carbocycles. The van der Waals surface area contributed by atoms with Gasteiger partial charge in [-0.25, -0.2) is 4.79 Å². The number of esters is 1. The number of fused-ring (bicyclic) bond motifs is 4. The Balaban J connectivity index is 1.47. The number of hydrogen-bond donors (Lipinski definition) is 2. The summed E-state index contributed by atoms with van der Waals surface area (Å²) in [6.45, 7) is 10.9. The van der Waals surface area contributed by atoms with Crippen molar-refractivity contribution in [2.45, 2.75) is 58.6 Å². The van der Waals surface area contributed by atoms with Crippen molar-refractivity contribution in [3.05, 3.63) is 94.2 Å². The molecule has 0 saturated heterocycles. The summed E-state index contributed by atoms with van der Waals surface area (Å²) in [6, 6.07) is 17.4. The van der Waals surface area contributed by atoms with Gasteiger partial charge in [0.05, 0.1) is 25.0 Å². The van der Waals surface area contributed by atoms with E-state index in [0.717, 1.165) is 63.2 Å². The molecule has 0 atom stereocenters. The Kier molecular flexibility index (Phi) is 7.32. The van der Waals surface area contributed by atoms with E-state index in [9.17, 15) is 9.59 Å². The van der Waals surface area contributed by atoms with E-state index in [1.54, 1.807) is 6.08 Å². The zero-order chi connectivity index (χ0) is 31.2. The predicted octanol–water partition coefficient (Wildman–Crippen LogP) is 6.89. The van der Waals surface area contributed by atoms with Crippen LogP contribution in [0, 0.1) is 0 Å². The van der Waals surface area contributed by atoms with Crippen LogP contribution in [0.2, 0.25) is 0 Å². The Morgan fingerprint density at radius 2 is 1.86 bits per heavy atom. The fourth-order valence-electron chi connectivity index (χ4n) is 6.11. The van der Waals surface area contributed by atoms with Gasteiger partial charge < -0.3 is 24.5 Å². The summed E-state index contributed by atoms with van der Waals surface area (Å²) in [5.74, 6) is 0.749. The molecule has 2 N–H and O–H groups in total. The Hall–Kier alpha value is -4.85. The fraction of sp³-hybridized carbons (Fsp3) is 0.306. The SMILES string of the molecule is CCOc1cc2c(c3c1OC(C)(C)C3)C(c1ccc(/C=C/C(=O)OC)c(NC(=O)c3cc4ccccc4[nH]3)c1)=NC(C)(C)C2. The molecule has 0 unspecified atom stereocenters. The molecule has 6 rings (SSSR count). The predicted molar refractivity (Wildman–Crippen MR) is 173 cm³/mol. The van der Waals surface area contributed by atoms with Crippen LogP contribution in [-0.4, -0.2) is 47.4 Å². The first kappa shape index (κ1) is 29.2. The van der Waals surface area contributed by atoms with Crippen LogP contribution in [0.4, 0.5) is 5.69 Å². The van der Waals surface area contributed by atoms with Gasteiger partial charge in [-0.1, -0.05) is 30.3 Å². The number of amides is 1. The number of nitrogens with zero attached hydrogens (tertiary/aromatic N) is 1. The Bertz CT molecular complexity index is 1830. The third-order valence-corrected chi connectivity index (χ3v) is 7.93. The second-order valence-corrected chi connectivity index (χ2v) is 12.5. The minimum atomic E-state index is -0.488. The van der Waals surface area contributed by atoms with E-state index in [-0.39, 0.29) is 17.0 Å². The molecule has 2 aliphatic rings. The molecule has 0 fully saturated rings. The van der Waals surface area contributed by atoms with Gasteiger partial charge in [-0.2, -0.15) is 0 Å². The Morgan fingerprint density at radius 1 is 1.07 bits per heavy atom. The minimum Gasteiger partial charge on any atom is -0.490 e. The first-order valence-corrected chi connectivity index (χ1v) is 14.9. The molecule has 3 heterocycles. The molecule has 0 aliphatic carbocycles. The highest BCUT2D eigenvalue weighted by molar-refractivity contribution is 6.17. The highest BCUT2D eigenvalue weighted by Crippen LogP contribution is 2.48. The van der Waals surface area contributed by atoms with Crippen LogP contribution in [0.5, 0.6) is 11.5 Å². The Labute approximate surface area is 257 Å². The van der Waals surface area contributed by atoms with Crippen molar-refractivity contribution < 1.29 is 23.8 Å². The molecule has 0 bridgehead atoms. The number of nitrogens with one attached hydrogen (secondary N) is 2. The van der Waals surface area contributed by atoms with Gasteiger partial charge in [0.25, 0.3) is 5.91 Å². The second-order valence-electron chi connectivity index (χ2n) is 12.5. The molecule has 3 aromatic carbocycles. The van der Waals surface area contributed by atoms with Crippen molar-refractivity contribution in [1.82, 2.24) is 4.98 Å². The van der Waals surface area contributed by atoms with E-state index in [1.165, 1.54) is 13.2 Å². The van der Waals surface area contributed by atoms with Crippen molar-refractivity contribution in [2.75, 3.05) is 19.0 Å². The van der Waals surface area contributed by atoms with Crippen molar-refractivity contribution >= 4 is 40.3 Å². The number of methoxy groups -OCH3 is 1. The van der Waals surface area contributed by atoms with Crippen molar-refractivity contribution in [3.63, 3.8) is 0 Å². The molecule has 0 radical (unpaired) electrons. The fourth-order valence-corrected chi connectivity index (χ4v) is 6.11. The molecular formula is C36H37N3O5. The van der Waals surface area contributed by atoms with Crippen molar-refractivity contribution in [3.8, 4) is 11.5 Å². The molecule has 1 amide bonds. The molecule has 0 spiro atoms. The van der Waals surface area contributed by atoms with Crippen LogP contribution in [0.1, 0.15) is 72.9 Å². The molecule has 2 aliphatic heterocycles. The number of aromatic amines is 1. The number of para-hydroxylation sites is 1. The van der Waals surface area contributed by atoms with Gasteiger partial charge in [0.1, 0.15) is 11.3 Å². The highest BCUT2D eigenvalue weighted by atomic mass is 16.5. The summed E-state index contributed by atoms with van der Waals surface area (Å²) in [5.41, 5.74) is 6.72. The van der Waals surface area contributed by atoms with Crippen molar-refractivity contribution in [1.29, 1.82) is 0 Å². The maximum Gasteiger partial charge on any atom is 0.330 e. The summed E-state index contributed by atoms with van der Waals surface area (Å²) in [7, 11) is 1.33. The third kappa shape index (κ3) is 5.60. The van der Waals surface area contributed by atoms with Gasteiger partial charge >= 0.3 is 5.97 Å². The van der Waals surface area contributed by atoms with E-state index in [0.29, 0.717) is 23.6 Å². The number of carbonyl (C=O) groups excluding carboxylic acids is 2. The molecular weight excluding hydrogens is 554 g/mol. The van der Waals surface area contributed by atoms with E-state index >= 15 is 0 Å². The van der Waals surface area contributed by atoms with Gasteiger partial charge in [0.2, 0.25) is 0 Å². The number of H-pyrrole nitrogens is 1. The molecule has 1 aromatic heterocycles. The maximum absolute atomic E-state index is 13.5. The van der Waals surface area contributed by atoms with Gasteiger partial charge in [-0.3, -0.25) is 9.79 Å². The van der Waals surface area contributed by atoms with E-state index in [2.05, 4.69) is 44.1 Å². The molecule has 226 valence electrons. The van der Waals surface area contributed by atoms with Crippen molar-refractivity contribution in [2.24, 2.45) is 4.99 Å². The number of ether oxygens (including phenoxy) is 3. The lowest BCUT2D eigenvalue weighted by Gasteiger charge is -2.31. The number of hydrogen-bond acceptors (Lipinski definition) is 6. The molecule has 4 aromatic rings. The summed E-state index contributed by atoms with van der Waals surface area (Å²) in [4.78, 5) is 33.9. The average molecular weight is 592 g/mol. The largest absolute Gasteiger partial charge is 0.490 e. The first-order chi connectivity index (χ1) is 21.0. The Morgan fingerprint density at radius 3 is 2.61 bits per heavy atom. The average Bonchev–Trinajstić information content (AvgIpc) is 3.56. The number of anilines is 1. The van der Waals surface area contributed by atoms with E-state index in [1.807, 2.05) is 55.5 Å². The first-order valence-electron chi connectivity index (χ1n) is 14.9. The zero-order valence-corrected chi connectivity index (χ0v) is 26.0. The normalized spacial score (nSPS) is 16.2. The lowest BCUT2D eigenvalue weighted by molar-refractivity contribution is -0.134. The van der Waals surface area contributed by atoms with Gasteiger partial charge in [-0.15, -0.1) is 0 Å². The minimum absolute atomic E-state index is 0.297. The lowest BCUT2D eigenvalue weighted by atomic mass is 9.80. The lowest BCUT2D eigenvalue weighted by Crippen LogP contribution is -2.30. The zero-order valence-electron chi connectivity index (χ0n) is 26.0. The third-order valence-electron chi connectivity index (χ3n) is 7.93. The monoisotopic (exact) mass is 591 g/mol. The second kappa shape index (κ2) is 11.0. The number of aromatic nitrogens is 1. The van der Waals surface area contributed by atoms with E-state index in [4.69, 9.17) is 19.2 Å². The highest BCUT2D eigenvalue weighted by Gasteiger charge is 2.40. The van der Waals surface area contributed by atoms with Crippen LogP contribution in [0.15, 0.2) is 65.7 Å². The maximum atomic E-state index is 13.5. The number of rotatable bonds is 7. The smallest absolute Gasteiger partial charge is 0.330 e. The van der Waals surface area contributed by atoms with Gasteiger partial charge in [0, 0.05) is 45.8 Å². The topological polar surface area (TPSA) is 102 Å². The number of carbonyl (C=O) groups is 2. The standard InChI is InChI=1S/C36H37N3O5/c1-7-43-29-18-24-19-35(2,3)39-32(31(24)25-20-36(4,5)44-33(25)29)23-13-12-21(14-15-30(40)42-6)27(17-23)38-34(41)28-16-22-10-8-9-11-26(22)37-28/h8-18,37H,7,19-20H2,1-6H3,(H,38,41)/b15-14+. The van der Waals surface area contributed by atoms with E-state index < -0.39 is 5.97 Å². The quantitative estimate of drug-likeness (QED) is 0.180. The van der Waals surface area contributed by atoms with Gasteiger partial charge in [-0.05, 0) is 82.5 Å². The summed E-state index contributed by atoms with van der Waals surface area (Å²) < 4.78 is 17.3. The van der Waals surface area contributed by atoms with Crippen LogP contribution in [-0.2, 0) is 22.4 Å². The van der Waals surface area contributed by atoms with Crippen LogP contribution < -0.4 is 14.8 Å².